The third kappa shape index (κ3) is 3.45. The fourth-order valence-corrected chi connectivity index (χ4v) is 2.40. The molecule has 1 aromatic carbocycles. The highest BCUT2D eigenvalue weighted by Crippen LogP contribution is 2.32. The zero-order valence-corrected chi connectivity index (χ0v) is 11.7. The maximum Gasteiger partial charge on any atom is 0.417 e. The van der Waals surface area contributed by atoms with Gasteiger partial charge in [-0.25, -0.2) is 0 Å². The van der Waals surface area contributed by atoms with Gasteiger partial charge in [0.2, 0.25) is 0 Å². The smallest absolute Gasteiger partial charge is 0.336 e. The Kier molecular flexibility index (Phi) is 4.82. The fraction of sp³-hybridized carbons (Fsp3) is 0.429. The maximum atomic E-state index is 13.0. The molecule has 1 atom stereocenters. The summed E-state index contributed by atoms with van der Waals surface area (Å²) in [6.45, 7) is 1.15. The summed E-state index contributed by atoms with van der Waals surface area (Å²) in [4.78, 5) is 26.0. The molecule has 5 nitrogen and oxygen atoms in total. The van der Waals surface area contributed by atoms with E-state index >= 15 is 0 Å². The molecule has 1 heterocycles. The van der Waals surface area contributed by atoms with E-state index in [1.807, 2.05) is 0 Å². The molecule has 0 radical (unpaired) electrons. The lowest BCUT2D eigenvalue weighted by Gasteiger charge is -2.36. The number of hydrogen-bond acceptors (Lipinski definition) is 4. The van der Waals surface area contributed by atoms with E-state index in [1.165, 1.54) is 23.1 Å². The maximum absolute atomic E-state index is 13.0. The molecule has 1 saturated heterocycles. The Morgan fingerprint density at radius 1 is 1.18 bits per heavy atom. The standard InChI is InChI=1S/C14H16F3N3O2/c15-14(16,17)11-4-2-1-3-10(11)13(22)20-7-5-19(6-8-20)12(18)9-21/h1-4,9,12H,5-8,18H2. The average Bonchev–Trinajstić information content (AvgIpc) is 2.52. The van der Waals surface area contributed by atoms with Gasteiger partial charge in [-0.05, 0) is 12.1 Å². The van der Waals surface area contributed by atoms with E-state index in [2.05, 4.69) is 0 Å². The number of carbonyl (C=O) groups excluding carboxylic acids is 2. The number of hydrogen-bond donors (Lipinski definition) is 1. The van der Waals surface area contributed by atoms with Crippen molar-refractivity contribution < 1.29 is 22.8 Å². The van der Waals surface area contributed by atoms with Gasteiger partial charge < -0.3 is 15.4 Å². The summed E-state index contributed by atoms with van der Waals surface area (Å²) < 4.78 is 38.9. The van der Waals surface area contributed by atoms with Gasteiger partial charge >= 0.3 is 6.18 Å². The minimum atomic E-state index is -4.58. The van der Waals surface area contributed by atoms with Crippen molar-refractivity contribution in [2.75, 3.05) is 26.2 Å². The fourth-order valence-electron chi connectivity index (χ4n) is 2.40. The first-order chi connectivity index (χ1) is 10.3. The van der Waals surface area contributed by atoms with Crippen LogP contribution in [0.1, 0.15) is 15.9 Å². The van der Waals surface area contributed by atoms with Gasteiger partial charge in [-0.15, -0.1) is 0 Å². The van der Waals surface area contributed by atoms with Crippen LogP contribution in [0.15, 0.2) is 24.3 Å². The van der Waals surface area contributed by atoms with Crippen molar-refractivity contribution in [2.24, 2.45) is 5.73 Å². The van der Waals surface area contributed by atoms with E-state index in [0.717, 1.165) is 6.07 Å². The summed E-state index contributed by atoms with van der Waals surface area (Å²) in [5.74, 6) is -0.660. The molecular weight excluding hydrogens is 299 g/mol. The van der Waals surface area contributed by atoms with Gasteiger partial charge in [0.1, 0.15) is 6.17 Å². The van der Waals surface area contributed by atoms with Gasteiger partial charge in [0, 0.05) is 26.2 Å². The molecule has 120 valence electrons. The summed E-state index contributed by atoms with van der Waals surface area (Å²) in [7, 11) is 0. The SMILES string of the molecule is NC(C=O)N1CCN(C(=O)c2ccccc2C(F)(F)F)CC1. The topological polar surface area (TPSA) is 66.6 Å². The van der Waals surface area contributed by atoms with E-state index in [-0.39, 0.29) is 18.7 Å². The predicted molar refractivity (Wildman–Crippen MR) is 73.0 cm³/mol. The molecule has 2 N–H and O–H groups in total. The van der Waals surface area contributed by atoms with Crippen molar-refractivity contribution in [3.63, 3.8) is 0 Å². The van der Waals surface area contributed by atoms with Gasteiger partial charge in [-0.2, -0.15) is 13.2 Å². The molecule has 1 aliphatic heterocycles. The van der Waals surface area contributed by atoms with Gasteiger partial charge in [0.25, 0.3) is 5.91 Å². The predicted octanol–water partition coefficient (Wildman–Crippen LogP) is 0.947. The first kappa shape index (κ1) is 16.4. The molecule has 8 heteroatoms. The van der Waals surface area contributed by atoms with E-state index in [9.17, 15) is 22.8 Å². The molecule has 0 saturated carbocycles. The molecule has 1 aliphatic rings. The van der Waals surface area contributed by atoms with Crippen LogP contribution in [0.3, 0.4) is 0 Å². The van der Waals surface area contributed by atoms with Crippen molar-refractivity contribution in [2.45, 2.75) is 12.3 Å². The molecule has 0 bridgehead atoms. The molecule has 22 heavy (non-hydrogen) atoms. The van der Waals surface area contributed by atoms with Crippen molar-refractivity contribution in [1.29, 1.82) is 0 Å². The van der Waals surface area contributed by atoms with E-state index in [4.69, 9.17) is 5.73 Å². The lowest BCUT2D eigenvalue weighted by atomic mass is 10.1. The molecule has 1 aromatic rings. The van der Waals surface area contributed by atoms with Crippen molar-refractivity contribution in [1.82, 2.24) is 9.80 Å². The molecule has 0 aromatic heterocycles. The van der Waals surface area contributed by atoms with Crippen molar-refractivity contribution in [3.8, 4) is 0 Å². The number of carbonyl (C=O) groups is 2. The minimum Gasteiger partial charge on any atom is -0.336 e. The zero-order chi connectivity index (χ0) is 16.3. The van der Waals surface area contributed by atoms with Crippen LogP contribution in [0, 0.1) is 0 Å². The second-order valence-corrected chi connectivity index (χ2v) is 5.00. The number of benzene rings is 1. The summed E-state index contributed by atoms with van der Waals surface area (Å²) >= 11 is 0. The number of halogens is 3. The lowest BCUT2D eigenvalue weighted by Crippen LogP contribution is -2.55. The largest absolute Gasteiger partial charge is 0.417 e. The van der Waals surface area contributed by atoms with Crippen LogP contribution in [0.2, 0.25) is 0 Å². The normalized spacial score (nSPS) is 18.1. The second-order valence-electron chi connectivity index (χ2n) is 5.00. The monoisotopic (exact) mass is 315 g/mol. The lowest BCUT2D eigenvalue weighted by molar-refractivity contribution is -0.138. The number of amides is 1. The van der Waals surface area contributed by atoms with Crippen LogP contribution in [-0.2, 0) is 11.0 Å². The summed E-state index contributed by atoms with van der Waals surface area (Å²) in [6.07, 6.45) is -4.73. The molecule has 0 spiro atoms. The average molecular weight is 315 g/mol. The number of nitrogens with two attached hydrogens (primary N) is 1. The minimum absolute atomic E-state index is 0.229. The second kappa shape index (κ2) is 6.45. The van der Waals surface area contributed by atoms with Crippen LogP contribution in [0.5, 0.6) is 0 Å². The summed E-state index contributed by atoms with van der Waals surface area (Å²) in [6, 6.07) is 4.72. The van der Waals surface area contributed by atoms with Gasteiger partial charge in [0.15, 0.2) is 6.29 Å². The molecule has 1 amide bonds. The molecule has 0 aliphatic carbocycles. The van der Waals surface area contributed by atoms with Gasteiger partial charge in [-0.1, -0.05) is 12.1 Å². The summed E-state index contributed by atoms with van der Waals surface area (Å²) in [5, 5.41) is 0. The Bertz CT molecular complexity index is 555. The number of aldehydes is 1. The van der Waals surface area contributed by atoms with E-state index in [1.54, 1.807) is 4.90 Å². The molecule has 1 fully saturated rings. The zero-order valence-electron chi connectivity index (χ0n) is 11.7. The van der Waals surface area contributed by atoms with Crippen LogP contribution in [0.25, 0.3) is 0 Å². The number of rotatable bonds is 3. The van der Waals surface area contributed by atoms with Crippen LogP contribution in [0.4, 0.5) is 13.2 Å². The first-order valence-electron chi connectivity index (χ1n) is 6.75. The highest BCUT2D eigenvalue weighted by molar-refractivity contribution is 5.96. The Morgan fingerprint density at radius 3 is 2.32 bits per heavy atom. The number of nitrogens with zero attached hydrogens (tertiary/aromatic N) is 2. The van der Waals surface area contributed by atoms with Crippen LogP contribution in [-0.4, -0.2) is 54.3 Å². The van der Waals surface area contributed by atoms with Crippen molar-refractivity contribution >= 4 is 12.2 Å². The highest BCUT2D eigenvalue weighted by atomic mass is 19.4. The molecular formula is C14H16F3N3O2. The van der Waals surface area contributed by atoms with E-state index < -0.39 is 23.8 Å². The highest BCUT2D eigenvalue weighted by Gasteiger charge is 2.36. The Morgan fingerprint density at radius 2 is 1.77 bits per heavy atom. The quantitative estimate of drug-likeness (QED) is 0.843. The molecule has 2 rings (SSSR count). The number of piperazine rings is 1. The van der Waals surface area contributed by atoms with Crippen LogP contribution < -0.4 is 5.73 Å². The Hall–Kier alpha value is -1.93. The Balaban J connectivity index is 2.13. The molecule has 1 unspecified atom stereocenters. The number of alkyl halides is 3. The third-order valence-electron chi connectivity index (χ3n) is 3.63. The van der Waals surface area contributed by atoms with Crippen LogP contribution >= 0.6 is 0 Å². The third-order valence-corrected chi connectivity index (χ3v) is 3.63. The van der Waals surface area contributed by atoms with Gasteiger partial charge in [0.05, 0.1) is 11.1 Å². The van der Waals surface area contributed by atoms with Crippen molar-refractivity contribution in [3.05, 3.63) is 35.4 Å². The van der Waals surface area contributed by atoms with Gasteiger partial charge in [-0.3, -0.25) is 9.69 Å². The van der Waals surface area contributed by atoms with E-state index in [0.29, 0.717) is 19.4 Å². The summed E-state index contributed by atoms with van der Waals surface area (Å²) in [5.41, 5.74) is 4.27. The first-order valence-corrected chi connectivity index (χ1v) is 6.75. The Labute approximate surface area is 125 Å².